The molecule has 0 aliphatic carbocycles. The first-order valence-corrected chi connectivity index (χ1v) is 7.40. The average Bonchev–Trinajstić information content (AvgIpc) is 3.04. The van der Waals surface area contributed by atoms with Gasteiger partial charge in [-0.05, 0) is 0 Å². The van der Waals surface area contributed by atoms with Crippen LogP contribution < -0.4 is 38.1 Å². The lowest BCUT2D eigenvalue weighted by atomic mass is 9.86. The topological polar surface area (TPSA) is 244 Å². The molecule has 1 spiro atoms. The van der Waals surface area contributed by atoms with Crippen LogP contribution in [0.1, 0.15) is 0 Å². The van der Waals surface area contributed by atoms with E-state index in [9.17, 15) is 20.3 Å². The predicted molar refractivity (Wildman–Crippen MR) is 77.9 cm³/mol. The molecule has 0 bridgehead atoms. The molecule has 0 aromatic heterocycles. The molecule has 11 N–H and O–H groups in total. The van der Waals surface area contributed by atoms with Crippen LogP contribution in [0.25, 0.3) is 0 Å². The summed E-state index contributed by atoms with van der Waals surface area (Å²) in [5, 5.41) is 40.5. The first-order chi connectivity index (χ1) is 12.2. The zero-order chi connectivity index (χ0) is 19.7. The molecule has 1 amide bonds. The zero-order valence-corrected chi connectivity index (χ0v) is 13.9. The van der Waals surface area contributed by atoms with Gasteiger partial charge in [0.25, 0.3) is 11.4 Å². The Morgan fingerprint density at radius 3 is 2.69 bits per heavy atom. The quantitative estimate of drug-likeness (QED) is 0.0953. The first-order valence-electron chi connectivity index (χ1n) is 7.06. The monoisotopic (exact) mass is 396 g/mol. The fourth-order valence-electron chi connectivity index (χ4n) is 3.51. The second kappa shape index (κ2) is 7.09. The van der Waals surface area contributed by atoms with Crippen LogP contribution in [-0.4, -0.2) is 79.8 Å². The van der Waals surface area contributed by atoms with Crippen molar-refractivity contribution in [3.05, 3.63) is 0 Å². The molecular formula is C10H18N7O8S+. The molecule has 0 saturated carbocycles. The average molecular weight is 396 g/mol. The highest BCUT2D eigenvalue weighted by Crippen LogP contribution is 2.38. The first kappa shape index (κ1) is 19.9. The number of rotatable bonds is 4. The lowest BCUT2D eigenvalue weighted by Gasteiger charge is -2.40. The van der Waals surface area contributed by atoms with E-state index in [1.807, 2.05) is 0 Å². The van der Waals surface area contributed by atoms with E-state index in [0.29, 0.717) is 0 Å². The Balaban J connectivity index is 0.00000117. The predicted octanol–water partition coefficient (Wildman–Crippen LogP) is -8.61. The summed E-state index contributed by atoms with van der Waals surface area (Å²) in [6.07, 6.45) is -2.48. The van der Waals surface area contributed by atoms with Gasteiger partial charge in [-0.2, -0.15) is 4.21 Å². The molecule has 26 heavy (non-hydrogen) atoms. The van der Waals surface area contributed by atoms with Crippen LogP contribution in [0.15, 0.2) is 0 Å². The minimum absolute atomic E-state index is 0.0118. The Morgan fingerprint density at radius 1 is 1.46 bits per heavy atom. The number of hydrogen-bond acceptors (Lipinski definition) is 13. The minimum Gasteiger partial charge on any atom is -0.692 e. The van der Waals surface area contributed by atoms with Gasteiger partial charge in [0.2, 0.25) is 0 Å². The molecule has 3 heterocycles. The van der Waals surface area contributed by atoms with Gasteiger partial charge in [-0.3, -0.25) is 26.8 Å². The Morgan fingerprint density at radius 2 is 2.12 bits per heavy atom. The Bertz CT molecular complexity index is 645. The highest BCUT2D eigenvalue weighted by Gasteiger charge is 2.78. The van der Waals surface area contributed by atoms with E-state index in [2.05, 4.69) is 38.1 Å². The summed E-state index contributed by atoms with van der Waals surface area (Å²) in [7, 11) is 0. The van der Waals surface area contributed by atoms with Gasteiger partial charge >= 0.3 is 18.0 Å². The molecule has 3 aliphatic heterocycles. The minimum atomic E-state index is -2.64. The molecule has 1 saturated heterocycles. The Hall–Kier alpha value is -2.37. The number of primary amides is 1. The third-order valence-electron chi connectivity index (χ3n) is 4.46. The molecule has 15 nitrogen and oxygen atoms in total. The van der Waals surface area contributed by atoms with Crippen LogP contribution in [0.2, 0.25) is 0 Å². The second-order valence-electron chi connectivity index (χ2n) is 5.68. The summed E-state index contributed by atoms with van der Waals surface area (Å²) in [5.74, 6) is -2.62. The van der Waals surface area contributed by atoms with E-state index in [1.54, 1.807) is 0 Å². The summed E-state index contributed by atoms with van der Waals surface area (Å²) in [5.41, 5.74) is 14.9. The molecule has 0 aromatic carbocycles. The number of amides is 1. The third-order valence-corrected chi connectivity index (χ3v) is 4.46. The number of guanidine groups is 2. The Labute approximate surface area is 150 Å². The van der Waals surface area contributed by atoms with Gasteiger partial charge in [0.1, 0.15) is 19.2 Å². The third kappa shape index (κ3) is 2.77. The lowest BCUT2D eigenvalue weighted by molar-refractivity contribution is -0.808. The van der Waals surface area contributed by atoms with Gasteiger partial charge in [0, 0.05) is 0 Å². The molecule has 146 valence electrons. The molecular weight excluding hydrogens is 378 g/mol. The maximum atomic E-state index is 10.9. The van der Waals surface area contributed by atoms with Crippen LogP contribution in [0, 0.1) is 0 Å². The maximum Gasteiger partial charge on any atom is 0.404 e. The number of nitrogens with one attached hydrogen (secondary N) is 3. The molecule has 3 rings (SSSR count). The number of carbonyl (C=O) groups is 1. The molecule has 16 heteroatoms. The van der Waals surface area contributed by atoms with Crippen LogP contribution >= 0.6 is 0 Å². The number of hydrogen-bond donors (Lipinski definition) is 8. The molecule has 3 aliphatic rings. The largest absolute Gasteiger partial charge is 0.692 e. The van der Waals surface area contributed by atoms with E-state index in [0.717, 1.165) is 0 Å². The summed E-state index contributed by atoms with van der Waals surface area (Å²) >= 11 is 2.83. The zero-order valence-electron chi connectivity index (χ0n) is 13.1. The van der Waals surface area contributed by atoms with Crippen molar-refractivity contribution in [2.45, 2.75) is 29.6 Å². The van der Waals surface area contributed by atoms with Crippen LogP contribution in [-0.2, 0) is 27.2 Å². The molecule has 4 atom stereocenters. The fourth-order valence-corrected chi connectivity index (χ4v) is 3.51. The van der Waals surface area contributed by atoms with E-state index < -0.39 is 35.7 Å². The Kier molecular flexibility index (Phi) is 5.44. The normalized spacial score (nSPS) is 33.7. The van der Waals surface area contributed by atoms with Crippen molar-refractivity contribution in [1.29, 1.82) is 0 Å². The van der Waals surface area contributed by atoms with Crippen molar-refractivity contribution in [2.75, 3.05) is 13.2 Å². The number of aliphatic hydroxyl groups is 2. The summed E-state index contributed by atoms with van der Waals surface area (Å²) < 4.78 is 13.9. The standard InChI is InChI=1S/C10H17N7O7.OS/c11-6-15-5-3(2-22-8(13)18)14-7(12)17-1-4(23-24-21)10(19,20)9(5,17)16-6;1-2/h3-5,19-20H,1-2H2,(H8,11,12,13,14,15,16,18,21);/p+1/t3-,4+,5-,9-;/m0./s1. The van der Waals surface area contributed by atoms with Crippen molar-refractivity contribution < 1.29 is 48.7 Å². The smallest absolute Gasteiger partial charge is 0.404 e. The lowest BCUT2D eigenvalue weighted by Crippen LogP contribution is -2.91. The van der Waals surface area contributed by atoms with Gasteiger partial charge < -0.3 is 25.9 Å². The van der Waals surface area contributed by atoms with Crippen molar-refractivity contribution >= 4 is 30.5 Å². The molecule has 1 fully saturated rings. The van der Waals surface area contributed by atoms with Crippen molar-refractivity contribution in [1.82, 2.24) is 10.6 Å². The molecule has 0 unspecified atom stereocenters. The highest BCUT2D eigenvalue weighted by atomic mass is 32.1. The highest BCUT2D eigenvalue weighted by molar-refractivity contribution is 7.44. The number of nitrogens with two attached hydrogens (primary N) is 3. The van der Waals surface area contributed by atoms with Gasteiger partial charge in [0.05, 0.1) is 0 Å². The van der Waals surface area contributed by atoms with E-state index in [4.69, 9.17) is 26.1 Å². The van der Waals surface area contributed by atoms with Crippen LogP contribution in [0.5, 0.6) is 0 Å². The SMILES string of the molecule is NC(=O)OC[C@@H]1NC(N)=[N+]2C[C@@H](OO[O-])C(O)(O)[C@@]23NC(N)=[NH+][C@@H]13.O=S. The van der Waals surface area contributed by atoms with Crippen molar-refractivity contribution in [3.8, 4) is 0 Å². The van der Waals surface area contributed by atoms with Gasteiger partial charge in [-0.15, -0.1) is 0 Å². The summed E-state index contributed by atoms with van der Waals surface area (Å²) in [6, 6.07) is -1.58. The summed E-state index contributed by atoms with van der Waals surface area (Å²) in [6.45, 7) is -0.437. The molecule has 0 radical (unpaired) electrons. The maximum absolute atomic E-state index is 10.9. The second-order valence-corrected chi connectivity index (χ2v) is 5.68. The summed E-state index contributed by atoms with van der Waals surface area (Å²) in [4.78, 5) is 18.1. The number of nitrogens with zero attached hydrogens (tertiary/aromatic N) is 1. The van der Waals surface area contributed by atoms with Crippen LogP contribution in [0.4, 0.5) is 4.79 Å². The van der Waals surface area contributed by atoms with Gasteiger partial charge in [-0.1, -0.05) is 0 Å². The van der Waals surface area contributed by atoms with E-state index >= 15 is 0 Å². The van der Waals surface area contributed by atoms with E-state index in [-0.39, 0.29) is 25.1 Å². The van der Waals surface area contributed by atoms with E-state index in [1.165, 1.54) is 4.58 Å². The fraction of sp³-hybridized carbons (Fsp3) is 0.700. The van der Waals surface area contributed by atoms with Crippen molar-refractivity contribution in [2.24, 2.45) is 17.2 Å². The van der Waals surface area contributed by atoms with Gasteiger partial charge in [0.15, 0.2) is 24.7 Å². The van der Waals surface area contributed by atoms with Gasteiger partial charge in [-0.25, -0.2) is 19.6 Å². The van der Waals surface area contributed by atoms with Crippen LogP contribution in [0.3, 0.4) is 0 Å². The molecule has 0 aromatic rings. The van der Waals surface area contributed by atoms with Crippen molar-refractivity contribution in [3.63, 3.8) is 0 Å². The number of carbonyl (C=O) groups excluding carboxylic acids is 1. The number of ether oxygens (including phenoxy) is 1.